The molecule has 10 aliphatic rings. The molecule has 2 heterocycles. The first-order chi connectivity index (χ1) is 62.3. The summed E-state index contributed by atoms with van der Waals surface area (Å²) in [6.45, 7) is 103. The van der Waals surface area contributed by atoms with E-state index in [0.29, 0.717) is 128 Å². The Morgan fingerprint density at radius 1 is 0.391 bits per heavy atom. The lowest BCUT2D eigenvalue weighted by molar-refractivity contribution is -0.0940. The summed E-state index contributed by atoms with van der Waals surface area (Å²) in [4.78, 5) is 3.20. The molecule has 22 nitrogen and oxygen atoms in total. The highest BCUT2D eigenvalue weighted by Crippen LogP contribution is 2.53. The quantitative estimate of drug-likeness (QED) is 0.0216. The van der Waals surface area contributed by atoms with Gasteiger partial charge in [-0.15, -0.1) is 0 Å². The fourth-order valence-electron chi connectivity index (χ4n) is 13.5. The van der Waals surface area contributed by atoms with E-state index in [2.05, 4.69) is 370 Å². The smallest absolute Gasteiger partial charge is 0.335 e. The third-order valence-electron chi connectivity index (χ3n) is 20.5. The van der Waals surface area contributed by atoms with Crippen molar-refractivity contribution < 1.29 is 31.8 Å². The standard InChI is InChI=1S/C10H15N.C8H17NO.C8H15N.C8H17N.C7H13F2N.2C7H15N.C7H17N.C6H12N2.C6H13NO.C6H13N.3C6H15N.C5H13NO.C5H13N.O2S/c1-9(2)11-8-10-6-4-3-5-7-10;1-7(2)9-8-3-5-10-6-4-8;1-5(2)9-8-6-3-7(8)4-6;1-7(2)9-8-5-3-4-6-8;1-5(2)10-6-3-7(8,9)4-6;1-6(2)8-5-7-3-4-7;1-6(2)8-7-4-3-5-7;1-6(2)5-8-7(3)4;1-6(2)8-5-4-7-3;1-5(2)7-6-3-8-4-6;1-5(2)7-6-3-4-6;1-5(2)7-6(3)4;2*1-4-5-7-6(2)3;1-5(2)6-3-4-7;1-4-6-5(2)3;1-3-2/h3-7,9,11H,8H2,1-2H3;7-9H,3-6H2,1-2H3;5-9H,3-4H2,1-2H3;7-9H,3-6H2,1-2H3;5-6,10H,3-4H2,1-2H3;2*6-8H,3-5H2,1-2H3;6-8H,5H2,1-4H3;6,8H,4-5H2,1-2H3;5-7H,3-4H2,1-2H3;5-7H,3-4H2,1-2H3;5-7H,1-4H3;2*6-7H,4-5H2,1-3H3;5-7H,3-4H2,1-2H3;5-6H,4H2,1-3H3;. The minimum absolute atomic E-state index is 0.0190. The number of alkyl halides is 2. The van der Waals surface area contributed by atoms with Gasteiger partial charge in [-0.1, -0.05) is 320 Å². The first-order valence-electron chi connectivity index (χ1n) is 53.7. The lowest BCUT2D eigenvalue weighted by Crippen LogP contribution is -2.63. The molecule has 11 rings (SSSR count). The van der Waals surface area contributed by atoms with Crippen molar-refractivity contribution in [3.8, 4) is 0 Å². The second-order valence-corrected chi connectivity index (χ2v) is 43.2. The van der Waals surface area contributed by atoms with Crippen LogP contribution in [0, 0.1) is 30.2 Å². The molecule has 2 saturated heterocycles. The Morgan fingerprint density at radius 2 is 0.737 bits per heavy atom. The molecule has 2 aliphatic heterocycles. The molecule has 1 aromatic rings. The van der Waals surface area contributed by atoms with Gasteiger partial charge in [0.25, 0.3) is 5.92 Å². The molecule has 0 radical (unpaired) electrons. The monoisotopic (exact) mass is 1920 g/mol. The summed E-state index contributed by atoms with van der Waals surface area (Å²) >= 11 is -0.750. The zero-order valence-corrected chi connectivity index (χ0v) is 95.4. The molecule has 0 spiro atoms. The van der Waals surface area contributed by atoms with Crippen LogP contribution < -0.4 is 85.1 Å². The minimum atomic E-state index is -2.38. The number of hydrogen-bond acceptors (Lipinski definition) is 21. The molecule has 0 amide bonds. The Morgan fingerprint density at radius 3 is 0.955 bits per heavy atom. The number of halogens is 2. The third-order valence-corrected chi connectivity index (χ3v) is 20.5. The second-order valence-electron chi connectivity index (χ2n) is 43.0. The van der Waals surface area contributed by atoms with E-state index < -0.39 is 17.5 Å². The van der Waals surface area contributed by atoms with Gasteiger partial charge in [0.15, 0.2) is 0 Å². The predicted octanol–water partition coefficient (Wildman–Crippen LogP) is 19.9. The maximum absolute atomic E-state index is 12.2. The van der Waals surface area contributed by atoms with Crippen molar-refractivity contribution in [3.63, 3.8) is 0 Å². The molecule has 17 N–H and O–H groups in total. The van der Waals surface area contributed by atoms with Crippen LogP contribution in [0.2, 0.25) is 0 Å². The minimum Gasteiger partial charge on any atom is -0.395 e. The molecule has 25 heteroatoms. The molecule has 800 valence electrons. The summed E-state index contributed by atoms with van der Waals surface area (Å²) in [5, 5.41) is 61.6. The van der Waals surface area contributed by atoms with Crippen LogP contribution in [0.1, 0.15) is 398 Å². The fraction of sp³-hybridized carbons (Fsp3) is 0.935. The number of nitrogens with zero attached hydrogens (tertiary/aromatic N) is 1. The van der Waals surface area contributed by atoms with Crippen molar-refractivity contribution in [1.82, 2.24) is 85.1 Å². The van der Waals surface area contributed by atoms with Gasteiger partial charge < -0.3 is 104 Å². The van der Waals surface area contributed by atoms with Gasteiger partial charge in [-0.05, 0) is 152 Å². The van der Waals surface area contributed by atoms with Gasteiger partial charge in [0.1, 0.15) is 0 Å². The zero-order chi connectivity index (χ0) is 103. The van der Waals surface area contributed by atoms with E-state index in [1.807, 2.05) is 19.9 Å². The molecule has 8 saturated carbocycles. The van der Waals surface area contributed by atoms with Crippen LogP contribution in [0.15, 0.2) is 30.3 Å². The first-order valence-corrected chi connectivity index (χ1v) is 54.4. The molecule has 133 heavy (non-hydrogen) atoms. The number of rotatable bonds is 39. The van der Waals surface area contributed by atoms with Gasteiger partial charge >= 0.3 is 11.6 Å². The summed E-state index contributed by atoms with van der Waals surface area (Å²) in [6, 6.07) is 25.7. The summed E-state index contributed by atoms with van der Waals surface area (Å²) < 4.78 is 51.2. The van der Waals surface area contributed by atoms with Gasteiger partial charge in [-0.2, -0.15) is 8.42 Å². The van der Waals surface area contributed by atoms with E-state index in [4.69, 9.17) is 29.6 Å². The van der Waals surface area contributed by atoms with Gasteiger partial charge in [-0.3, -0.25) is 0 Å². The lowest BCUT2D eigenvalue weighted by atomic mass is 9.52. The highest BCUT2D eigenvalue weighted by molar-refractivity contribution is 7.51. The Hall–Kier alpha value is -2.37. The molecular formula is C108H233F2N17O5S. The largest absolute Gasteiger partial charge is 0.395 e. The summed E-state index contributed by atoms with van der Waals surface area (Å²) in [7, 11) is 0. The van der Waals surface area contributed by atoms with Crippen molar-refractivity contribution in [3.05, 3.63) is 47.3 Å². The van der Waals surface area contributed by atoms with Crippen molar-refractivity contribution in [2.24, 2.45) is 23.7 Å². The van der Waals surface area contributed by atoms with Crippen LogP contribution >= 0.6 is 0 Å². The highest BCUT2D eigenvalue weighted by atomic mass is 32.1. The fourth-order valence-corrected chi connectivity index (χ4v) is 13.5. The Labute approximate surface area is 829 Å². The van der Waals surface area contributed by atoms with Crippen LogP contribution in [0.25, 0.3) is 4.85 Å². The summed E-state index contributed by atoms with van der Waals surface area (Å²) in [6.07, 6.45) is 23.5. The second kappa shape index (κ2) is 97.1. The van der Waals surface area contributed by atoms with E-state index in [1.54, 1.807) is 0 Å². The Bertz CT molecular complexity index is 2440. The van der Waals surface area contributed by atoms with E-state index in [1.165, 1.54) is 121 Å². The Kier molecular flexibility index (Phi) is 105. The van der Waals surface area contributed by atoms with Crippen molar-refractivity contribution in [2.45, 2.75) is 549 Å². The topological polar surface area (TPSA) is 270 Å². The molecule has 1 aromatic carbocycles. The SMILES string of the molecule is CC(C)CNC(C)C.CC(C)NC(C)C.CC(C)NC1C2CC1C2.CC(C)NC1CC(F)(F)C1.CC(C)NC1CC1.CC(C)NC1CCC1.CC(C)NC1CCCC1.CC(C)NC1CCOCC1.CC(C)NC1COC1.CC(C)NCC1CC1.CC(C)NCCO.CC(C)NCc1ccccc1.CCCNC(C)C.CCCNC(C)C.CCNC(C)C.O=S=O.[C-]#[N+]CCNC(C)C. The lowest BCUT2D eigenvalue weighted by Gasteiger charge is -2.59. The average molecular weight is 1920 g/mol. The van der Waals surface area contributed by atoms with Gasteiger partial charge in [-0.25, -0.2) is 15.4 Å². The summed E-state index contributed by atoms with van der Waals surface area (Å²) in [5.41, 5.74) is 1.35. The van der Waals surface area contributed by atoms with E-state index in [0.717, 1.165) is 114 Å². The molecule has 0 atom stereocenters. The molecular weight excluding hydrogens is 1690 g/mol. The van der Waals surface area contributed by atoms with Crippen LogP contribution in [-0.4, -0.2) is 250 Å². The number of aliphatic hydroxyl groups excluding tert-OH is 1. The number of aliphatic hydroxyl groups is 1. The van der Waals surface area contributed by atoms with Crippen LogP contribution in [-0.2, 0) is 27.6 Å². The molecule has 10 fully saturated rings. The average Bonchev–Trinajstić information content (AvgIpc) is 1.45. The molecule has 0 unspecified atom stereocenters. The van der Waals surface area contributed by atoms with Crippen molar-refractivity contribution in [2.75, 3.05) is 85.4 Å². The molecule has 2 bridgehead atoms. The first kappa shape index (κ1) is 144. The number of ether oxygens (including phenoxy) is 2. The third kappa shape index (κ3) is 122. The van der Waals surface area contributed by atoms with Crippen LogP contribution in [0.4, 0.5) is 8.78 Å². The zero-order valence-electron chi connectivity index (χ0n) is 94.6. The number of benzene rings is 1. The van der Waals surface area contributed by atoms with Gasteiger partial charge in [0, 0.05) is 178 Å². The van der Waals surface area contributed by atoms with Gasteiger partial charge in [0.05, 0.1) is 32.4 Å². The Balaban J connectivity index is -0.000000255. The van der Waals surface area contributed by atoms with Gasteiger partial charge in [0.2, 0.25) is 6.54 Å². The van der Waals surface area contributed by atoms with Crippen molar-refractivity contribution >= 4 is 11.6 Å². The van der Waals surface area contributed by atoms with E-state index in [9.17, 15) is 8.78 Å². The predicted molar refractivity (Wildman–Crippen MR) is 582 cm³/mol. The van der Waals surface area contributed by atoms with Crippen LogP contribution in [0.5, 0.6) is 0 Å². The number of hydrogen-bond donors (Lipinski definition) is 17. The highest BCUT2D eigenvalue weighted by Gasteiger charge is 2.52. The van der Waals surface area contributed by atoms with E-state index in [-0.39, 0.29) is 25.5 Å². The van der Waals surface area contributed by atoms with Crippen LogP contribution in [0.3, 0.4) is 0 Å². The van der Waals surface area contributed by atoms with E-state index >= 15 is 0 Å². The summed E-state index contributed by atoms with van der Waals surface area (Å²) in [5.74, 6) is 1.55. The normalized spacial score (nSPS) is 17.8. The molecule has 8 aliphatic carbocycles. The maximum atomic E-state index is 12.2. The maximum Gasteiger partial charge on any atom is 0.335 e. The molecule has 0 aromatic heterocycles. The van der Waals surface area contributed by atoms with Crippen molar-refractivity contribution in [1.29, 1.82) is 0 Å². The number of nitrogens with one attached hydrogen (secondary N) is 16.